The molecule has 0 aromatic rings. The molecule has 1 aliphatic rings. The molecule has 0 bridgehead atoms. The third-order valence-corrected chi connectivity index (χ3v) is 2.93. The van der Waals surface area contributed by atoms with Gasteiger partial charge in [-0.05, 0) is 38.0 Å². The summed E-state index contributed by atoms with van der Waals surface area (Å²) in [7, 11) is 0. The lowest BCUT2D eigenvalue weighted by Crippen LogP contribution is -1.93. The van der Waals surface area contributed by atoms with Crippen molar-refractivity contribution < 1.29 is 0 Å². The van der Waals surface area contributed by atoms with E-state index in [1.54, 1.807) is 0 Å². The second-order valence-corrected chi connectivity index (χ2v) is 3.76. The van der Waals surface area contributed by atoms with E-state index in [2.05, 4.69) is 26.0 Å². The molecule has 1 rings (SSSR count). The molecule has 1 saturated carbocycles. The smallest absolute Gasteiger partial charge is 0.0322 e. The Balaban J connectivity index is 2.19. The zero-order valence-electron chi connectivity index (χ0n) is 7.84. The lowest BCUT2D eigenvalue weighted by Gasteiger charge is -2.06. The molecule has 0 nitrogen and oxygen atoms in total. The molecule has 64 valence electrons. The SMILES string of the molecule is C/C=C\CC1CCC(CC)C1. The van der Waals surface area contributed by atoms with Gasteiger partial charge in [-0.25, -0.2) is 0 Å². The van der Waals surface area contributed by atoms with Crippen molar-refractivity contribution in [3.05, 3.63) is 12.2 Å². The summed E-state index contributed by atoms with van der Waals surface area (Å²) in [6.07, 6.45) is 11.7. The molecule has 0 radical (unpaired) electrons. The Morgan fingerprint density at radius 1 is 1.27 bits per heavy atom. The standard InChI is InChI=1S/C11H20/c1-3-5-6-11-8-7-10(4-2)9-11/h3,5,10-11H,4,6-9H2,1-2H3/b5-3-. The predicted molar refractivity (Wildman–Crippen MR) is 50.6 cm³/mol. The zero-order valence-corrected chi connectivity index (χ0v) is 7.84. The number of hydrogen-bond donors (Lipinski definition) is 0. The van der Waals surface area contributed by atoms with Gasteiger partial charge in [-0.15, -0.1) is 0 Å². The van der Waals surface area contributed by atoms with E-state index in [1.165, 1.54) is 32.1 Å². The molecular formula is C11H20. The van der Waals surface area contributed by atoms with Gasteiger partial charge in [0.15, 0.2) is 0 Å². The molecule has 0 aromatic carbocycles. The Hall–Kier alpha value is -0.260. The van der Waals surface area contributed by atoms with Crippen molar-refractivity contribution >= 4 is 0 Å². The van der Waals surface area contributed by atoms with Gasteiger partial charge in [0.2, 0.25) is 0 Å². The fraction of sp³-hybridized carbons (Fsp3) is 0.818. The van der Waals surface area contributed by atoms with Crippen LogP contribution >= 0.6 is 0 Å². The summed E-state index contributed by atoms with van der Waals surface area (Å²) in [5, 5.41) is 0. The van der Waals surface area contributed by atoms with Gasteiger partial charge in [-0.3, -0.25) is 0 Å². The minimum absolute atomic E-state index is 1.01. The van der Waals surface area contributed by atoms with Crippen LogP contribution < -0.4 is 0 Å². The highest BCUT2D eigenvalue weighted by Gasteiger charge is 2.21. The van der Waals surface area contributed by atoms with Gasteiger partial charge in [-0.2, -0.15) is 0 Å². The van der Waals surface area contributed by atoms with E-state index in [4.69, 9.17) is 0 Å². The summed E-state index contributed by atoms with van der Waals surface area (Å²) >= 11 is 0. The fourth-order valence-electron chi connectivity index (χ4n) is 2.09. The zero-order chi connectivity index (χ0) is 8.10. The molecule has 2 atom stereocenters. The van der Waals surface area contributed by atoms with Crippen LogP contribution in [0.4, 0.5) is 0 Å². The quantitative estimate of drug-likeness (QED) is 0.540. The molecule has 0 heteroatoms. The molecule has 11 heavy (non-hydrogen) atoms. The topological polar surface area (TPSA) is 0 Å². The van der Waals surface area contributed by atoms with Crippen LogP contribution in [-0.4, -0.2) is 0 Å². The minimum Gasteiger partial charge on any atom is -0.0917 e. The van der Waals surface area contributed by atoms with Gasteiger partial charge in [0.1, 0.15) is 0 Å². The van der Waals surface area contributed by atoms with Gasteiger partial charge in [-0.1, -0.05) is 31.9 Å². The first-order valence-electron chi connectivity index (χ1n) is 4.98. The molecule has 0 saturated heterocycles. The molecule has 1 aliphatic carbocycles. The Kier molecular flexibility index (Phi) is 3.68. The molecule has 0 spiro atoms. The van der Waals surface area contributed by atoms with Crippen molar-refractivity contribution in [3.63, 3.8) is 0 Å². The highest BCUT2D eigenvalue weighted by molar-refractivity contribution is 4.84. The minimum atomic E-state index is 1.01. The summed E-state index contributed by atoms with van der Waals surface area (Å²) in [6, 6.07) is 0. The Labute approximate surface area is 70.7 Å². The first kappa shape index (κ1) is 8.83. The van der Waals surface area contributed by atoms with Crippen molar-refractivity contribution in [3.8, 4) is 0 Å². The van der Waals surface area contributed by atoms with Crippen molar-refractivity contribution in [1.29, 1.82) is 0 Å². The molecule has 1 fully saturated rings. The molecule has 0 N–H and O–H groups in total. The van der Waals surface area contributed by atoms with Crippen LogP contribution in [0.15, 0.2) is 12.2 Å². The number of allylic oxidation sites excluding steroid dienone is 2. The Morgan fingerprint density at radius 2 is 2.00 bits per heavy atom. The third kappa shape index (κ3) is 2.69. The summed E-state index contributed by atoms with van der Waals surface area (Å²) in [5.74, 6) is 2.06. The van der Waals surface area contributed by atoms with E-state index in [9.17, 15) is 0 Å². The van der Waals surface area contributed by atoms with Crippen molar-refractivity contribution in [2.24, 2.45) is 11.8 Å². The molecule has 0 heterocycles. The highest BCUT2D eigenvalue weighted by atomic mass is 14.3. The molecule has 0 amide bonds. The van der Waals surface area contributed by atoms with Gasteiger partial charge >= 0.3 is 0 Å². The highest BCUT2D eigenvalue weighted by Crippen LogP contribution is 2.34. The van der Waals surface area contributed by atoms with Crippen molar-refractivity contribution in [2.75, 3.05) is 0 Å². The summed E-state index contributed by atoms with van der Waals surface area (Å²) < 4.78 is 0. The molecular weight excluding hydrogens is 132 g/mol. The van der Waals surface area contributed by atoms with Crippen molar-refractivity contribution in [2.45, 2.75) is 46.0 Å². The Bertz CT molecular complexity index is 124. The first-order valence-corrected chi connectivity index (χ1v) is 4.98. The second kappa shape index (κ2) is 4.58. The molecule has 0 aromatic heterocycles. The van der Waals surface area contributed by atoms with Crippen molar-refractivity contribution in [1.82, 2.24) is 0 Å². The average molecular weight is 152 g/mol. The monoisotopic (exact) mass is 152 g/mol. The lowest BCUT2D eigenvalue weighted by atomic mass is 10.0. The fourth-order valence-corrected chi connectivity index (χ4v) is 2.09. The van der Waals surface area contributed by atoms with Crippen LogP contribution in [0.1, 0.15) is 46.0 Å². The second-order valence-electron chi connectivity index (χ2n) is 3.76. The Morgan fingerprint density at radius 3 is 2.55 bits per heavy atom. The first-order chi connectivity index (χ1) is 5.36. The average Bonchev–Trinajstić information content (AvgIpc) is 2.48. The van der Waals surface area contributed by atoms with E-state index in [1.807, 2.05) is 0 Å². The summed E-state index contributed by atoms with van der Waals surface area (Å²) in [5.41, 5.74) is 0. The van der Waals surface area contributed by atoms with Crippen LogP contribution in [0, 0.1) is 11.8 Å². The van der Waals surface area contributed by atoms with Gasteiger partial charge in [0.25, 0.3) is 0 Å². The number of rotatable bonds is 3. The van der Waals surface area contributed by atoms with Crippen LogP contribution in [0.3, 0.4) is 0 Å². The van der Waals surface area contributed by atoms with Gasteiger partial charge in [0, 0.05) is 0 Å². The van der Waals surface area contributed by atoms with Crippen LogP contribution in [0.25, 0.3) is 0 Å². The maximum Gasteiger partial charge on any atom is -0.0322 e. The van der Waals surface area contributed by atoms with Crippen LogP contribution in [0.5, 0.6) is 0 Å². The largest absolute Gasteiger partial charge is 0.0917 e. The third-order valence-electron chi connectivity index (χ3n) is 2.93. The maximum absolute atomic E-state index is 2.32. The van der Waals surface area contributed by atoms with E-state index in [0.717, 1.165) is 11.8 Å². The van der Waals surface area contributed by atoms with E-state index < -0.39 is 0 Å². The normalized spacial score (nSPS) is 31.8. The summed E-state index contributed by atoms with van der Waals surface area (Å²) in [4.78, 5) is 0. The van der Waals surface area contributed by atoms with Gasteiger partial charge in [0.05, 0.1) is 0 Å². The summed E-state index contributed by atoms with van der Waals surface area (Å²) in [6.45, 7) is 4.44. The van der Waals surface area contributed by atoms with Crippen LogP contribution in [-0.2, 0) is 0 Å². The predicted octanol–water partition coefficient (Wildman–Crippen LogP) is 3.78. The van der Waals surface area contributed by atoms with E-state index in [-0.39, 0.29) is 0 Å². The maximum atomic E-state index is 2.32. The van der Waals surface area contributed by atoms with Gasteiger partial charge < -0.3 is 0 Å². The van der Waals surface area contributed by atoms with E-state index >= 15 is 0 Å². The lowest BCUT2D eigenvalue weighted by molar-refractivity contribution is 0.483. The molecule has 2 unspecified atom stereocenters. The number of hydrogen-bond acceptors (Lipinski definition) is 0. The molecule has 0 aliphatic heterocycles. The van der Waals surface area contributed by atoms with Crippen LogP contribution in [0.2, 0.25) is 0 Å². The van der Waals surface area contributed by atoms with E-state index in [0.29, 0.717) is 0 Å².